The Bertz CT molecular complexity index is 1640. The molecule has 3 heterocycles. The average Bonchev–Trinajstić information content (AvgIpc) is 3.46. The maximum absolute atomic E-state index is 14.1. The predicted molar refractivity (Wildman–Crippen MR) is 149 cm³/mol. The highest BCUT2D eigenvalue weighted by molar-refractivity contribution is 6.24. The van der Waals surface area contributed by atoms with Gasteiger partial charge in [-0.2, -0.15) is 5.10 Å². The van der Waals surface area contributed by atoms with Crippen molar-refractivity contribution in [3.05, 3.63) is 125 Å². The summed E-state index contributed by atoms with van der Waals surface area (Å²) in [6.45, 7) is 1.96. The largest absolute Gasteiger partial charge is 0.292 e. The first-order chi connectivity index (χ1) is 19.0. The van der Waals surface area contributed by atoms with Gasteiger partial charge in [-0.15, -0.1) is 0 Å². The highest BCUT2D eigenvalue weighted by Gasteiger charge is 2.65. The summed E-state index contributed by atoms with van der Waals surface area (Å²) in [5.74, 6) is -2.40. The number of amides is 2. The summed E-state index contributed by atoms with van der Waals surface area (Å²) in [6.07, 6.45) is 1.72. The number of ketones is 1. The van der Waals surface area contributed by atoms with E-state index in [1.165, 1.54) is 4.90 Å². The number of aryl methyl sites for hydroxylation is 1. The molecule has 3 aliphatic heterocycles. The van der Waals surface area contributed by atoms with E-state index in [9.17, 15) is 14.4 Å². The van der Waals surface area contributed by atoms with Crippen LogP contribution in [0.2, 0.25) is 0 Å². The summed E-state index contributed by atoms with van der Waals surface area (Å²) < 4.78 is 0. The zero-order valence-corrected chi connectivity index (χ0v) is 21.3. The normalized spacial score (nSPS) is 23.0. The molecule has 2 fully saturated rings. The van der Waals surface area contributed by atoms with E-state index in [0.717, 1.165) is 27.8 Å². The molecule has 4 aromatic rings. The summed E-state index contributed by atoms with van der Waals surface area (Å²) in [7, 11) is 0. The number of benzene rings is 4. The van der Waals surface area contributed by atoms with Crippen LogP contribution in [0.1, 0.15) is 33.1 Å². The fourth-order valence-electron chi connectivity index (χ4n) is 6.25. The molecule has 0 aromatic heterocycles. The lowest BCUT2D eigenvalue weighted by atomic mass is 9.83. The number of imide groups is 1. The van der Waals surface area contributed by atoms with Crippen LogP contribution >= 0.6 is 0 Å². The van der Waals surface area contributed by atoms with Crippen LogP contribution in [0.4, 0.5) is 5.69 Å². The molecule has 0 radical (unpaired) electrons. The minimum absolute atomic E-state index is 0.212. The Morgan fingerprint density at radius 1 is 0.718 bits per heavy atom. The fourth-order valence-corrected chi connectivity index (χ4v) is 6.25. The maximum Gasteiger partial charge on any atom is 0.240 e. The molecule has 4 aromatic carbocycles. The van der Waals surface area contributed by atoms with Crippen molar-refractivity contribution in [1.29, 1.82) is 0 Å². The van der Waals surface area contributed by atoms with Gasteiger partial charge in [0.2, 0.25) is 11.8 Å². The van der Waals surface area contributed by atoms with Crippen molar-refractivity contribution in [3.8, 4) is 11.1 Å². The lowest BCUT2D eigenvalue weighted by Gasteiger charge is -2.33. The zero-order valence-electron chi connectivity index (χ0n) is 21.3. The summed E-state index contributed by atoms with van der Waals surface area (Å²) in [5.41, 5.74) is 5.91. The second-order valence-electron chi connectivity index (χ2n) is 10.3. The van der Waals surface area contributed by atoms with Crippen LogP contribution in [-0.2, 0) is 9.59 Å². The molecule has 6 nitrogen and oxygen atoms in total. The molecule has 6 heteroatoms. The van der Waals surface area contributed by atoms with E-state index in [4.69, 9.17) is 0 Å². The van der Waals surface area contributed by atoms with Crippen molar-refractivity contribution < 1.29 is 14.4 Å². The van der Waals surface area contributed by atoms with Crippen molar-refractivity contribution in [2.24, 2.45) is 16.9 Å². The van der Waals surface area contributed by atoms with Gasteiger partial charge in [0.15, 0.2) is 5.78 Å². The summed E-state index contributed by atoms with van der Waals surface area (Å²) in [5, 5.41) is 6.35. The fraction of sp³-hybridized carbons (Fsp3) is 0.152. The van der Waals surface area contributed by atoms with E-state index >= 15 is 0 Å². The number of anilines is 1. The third-order valence-corrected chi connectivity index (χ3v) is 8.13. The molecule has 0 bridgehead atoms. The number of fused-ring (bicyclic) bond motifs is 5. The van der Waals surface area contributed by atoms with Crippen LogP contribution in [0, 0.1) is 18.8 Å². The van der Waals surface area contributed by atoms with Crippen LogP contribution in [0.5, 0.6) is 0 Å². The van der Waals surface area contributed by atoms with Crippen molar-refractivity contribution in [1.82, 2.24) is 5.01 Å². The van der Waals surface area contributed by atoms with Crippen LogP contribution < -0.4 is 4.90 Å². The first-order valence-electron chi connectivity index (χ1n) is 13.1. The molecular formula is C33H25N3O3. The Morgan fingerprint density at radius 2 is 1.36 bits per heavy atom. The number of hydrogen-bond donors (Lipinski definition) is 0. The number of nitrogens with zero attached hydrogens (tertiary/aromatic N) is 3. The van der Waals surface area contributed by atoms with E-state index in [0.29, 0.717) is 11.3 Å². The topological polar surface area (TPSA) is 70.1 Å². The molecule has 4 atom stereocenters. The maximum atomic E-state index is 14.1. The van der Waals surface area contributed by atoms with Gasteiger partial charge < -0.3 is 0 Å². The highest BCUT2D eigenvalue weighted by atomic mass is 16.2. The smallest absolute Gasteiger partial charge is 0.240 e. The van der Waals surface area contributed by atoms with Gasteiger partial charge in [-0.1, -0.05) is 96.6 Å². The molecule has 0 saturated carbocycles. The predicted octanol–water partition coefficient (Wildman–Crippen LogP) is 5.42. The molecule has 0 aliphatic carbocycles. The summed E-state index contributed by atoms with van der Waals surface area (Å²) in [4.78, 5) is 43.4. The Morgan fingerprint density at radius 3 is 2.10 bits per heavy atom. The lowest BCUT2D eigenvalue weighted by Crippen LogP contribution is -2.44. The van der Waals surface area contributed by atoms with Gasteiger partial charge in [0.25, 0.3) is 0 Å². The number of hydrazone groups is 1. The molecule has 2 saturated heterocycles. The lowest BCUT2D eigenvalue weighted by molar-refractivity contribution is -0.124. The van der Waals surface area contributed by atoms with Crippen molar-refractivity contribution in [2.45, 2.75) is 19.0 Å². The molecule has 190 valence electrons. The van der Waals surface area contributed by atoms with E-state index in [1.807, 2.05) is 85.8 Å². The van der Waals surface area contributed by atoms with Gasteiger partial charge in [-0.25, -0.2) is 4.90 Å². The van der Waals surface area contributed by atoms with Crippen LogP contribution in [-0.4, -0.2) is 34.9 Å². The quantitative estimate of drug-likeness (QED) is 0.271. The number of hydrogen-bond acceptors (Lipinski definition) is 5. The first-order valence-corrected chi connectivity index (χ1v) is 13.1. The monoisotopic (exact) mass is 511 g/mol. The van der Waals surface area contributed by atoms with Gasteiger partial charge >= 0.3 is 0 Å². The molecular weight excluding hydrogens is 486 g/mol. The molecule has 39 heavy (non-hydrogen) atoms. The van der Waals surface area contributed by atoms with Crippen molar-refractivity contribution in [3.63, 3.8) is 0 Å². The van der Waals surface area contributed by atoms with Gasteiger partial charge in [0, 0.05) is 5.56 Å². The van der Waals surface area contributed by atoms with E-state index in [-0.39, 0.29) is 17.6 Å². The molecule has 7 rings (SSSR count). The van der Waals surface area contributed by atoms with Crippen molar-refractivity contribution in [2.75, 3.05) is 4.90 Å². The third kappa shape index (κ3) is 3.56. The van der Waals surface area contributed by atoms with Gasteiger partial charge in [-0.05, 0) is 41.3 Å². The average molecular weight is 512 g/mol. The number of carbonyl (C=O) groups is 3. The number of carbonyl (C=O) groups excluding carboxylic acids is 3. The Balaban J connectivity index is 1.31. The second-order valence-corrected chi connectivity index (χ2v) is 10.3. The second kappa shape index (κ2) is 8.88. The Hall–Kier alpha value is -4.84. The van der Waals surface area contributed by atoms with Crippen molar-refractivity contribution >= 4 is 29.5 Å². The molecule has 4 unspecified atom stereocenters. The first kappa shape index (κ1) is 23.3. The zero-order chi connectivity index (χ0) is 26.7. The van der Waals surface area contributed by atoms with Crippen LogP contribution in [0.15, 0.2) is 108 Å². The molecule has 3 aliphatic rings. The highest BCUT2D eigenvalue weighted by Crippen LogP contribution is 2.53. The molecule has 2 amide bonds. The Kier molecular flexibility index (Phi) is 5.30. The van der Waals surface area contributed by atoms with Gasteiger partial charge in [0.1, 0.15) is 6.04 Å². The number of Topliss-reactive ketones (excluding diaryl/α,β-unsaturated/α-hetero) is 1. The summed E-state index contributed by atoms with van der Waals surface area (Å²) in [6, 6.07) is 31.1. The van der Waals surface area contributed by atoms with E-state index < -0.39 is 23.9 Å². The van der Waals surface area contributed by atoms with Crippen LogP contribution in [0.25, 0.3) is 11.1 Å². The van der Waals surface area contributed by atoms with Gasteiger partial charge in [-0.3, -0.25) is 19.4 Å². The van der Waals surface area contributed by atoms with E-state index in [2.05, 4.69) is 5.10 Å². The standard InChI is InChI=1S/C33H25N3O3/c1-20-11-17-25(18-12-20)35-32(38)27-28(33(35)39)30(36-29(27)26-10-6-5-9-24(26)19-34-36)31(37)23-15-13-22(14-16-23)21-7-3-2-4-8-21/h2-19,27-30H,1H3. The number of rotatable bonds is 4. The van der Waals surface area contributed by atoms with Crippen LogP contribution in [0.3, 0.4) is 0 Å². The summed E-state index contributed by atoms with van der Waals surface area (Å²) >= 11 is 0. The minimum Gasteiger partial charge on any atom is -0.292 e. The van der Waals surface area contributed by atoms with E-state index in [1.54, 1.807) is 35.5 Å². The third-order valence-electron chi connectivity index (χ3n) is 8.13. The minimum atomic E-state index is -0.890. The molecule has 0 spiro atoms. The molecule has 0 N–H and O–H groups in total. The SMILES string of the molecule is Cc1ccc(N2C(=O)C3C(C2=O)C2c4ccccc4C=NN2C3C(=O)c2ccc(-c3ccccc3)cc2)cc1. The van der Waals surface area contributed by atoms with Gasteiger partial charge in [0.05, 0.1) is 29.8 Å². The Labute approximate surface area is 226 Å².